The average Bonchev–Trinajstić information content (AvgIpc) is 3.02. The van der Waals surface area contributed by atoms with Crippen LogP contribution < -0.4 is 5.32 Å². The summed E-state index contributed by atoms with van der Waals surface area (Å²) in [5, 5.41) is 12.5. The largest absolute Gasteiger partial charge is 0.480 e. The van der Waals surface area contributed by atoms with Gasteiger partial charge in [-0.05, 0) is 37.8 Å². The van der Waals surface area contributed by atoms with E-state index in [-0.39, 0.29) is 12.3 Å². The fourth-order valence-electron chi connectivity index (χ4n) is 3.71. The number of ether oxygens (including phenoxy) is 2. The monoisotopic (exact) mass is 347 g/mol. The van der Waals surface area contributed by atoms with Crippen LogP contribution in [0.1, 0.15) is 42.4 Å². The van der Waals surface area contributed by atoms with Gasteiger partial charge in [0.1, 0.15) is 5.54 Å². The summed E-state index contributed by atoms with van der Waals surface area (Å²) < 4.78 is 11.3. The molecule has 2 N–H and O–H groups in total. The molecule has 1 aliphatic carbocycles. The molecule has 2 aliphatic rings. The molecule has 1 amide bonds. The molecule has 0 atom stereocenters. The molecule has 1 heterocycles. The molecule has 1 saturated heterocycles. The van der Waals surface area contributed by atoms with Gasteiger partial charge in [0.2, 0.25) is 5.91 Å². The third-order valence-electron chi connectivity index (χ3n) is 5.32. The second-order valence-electron chi connectivity index (χ2n) is 7.15. The summed E-state index contributed by atoms with van der Waals surface area (Å²) in [6.45, 7) is 5.01. The van der Waals surface area contributed by atoms with E-state index in [0.717, 1.165) is 16.7 Å². The van der Waals surface area contributed by atoms with Gasteiger partial charge in [0.15, 0.2) is 5.79 Å². The molecule has 0 unspecified atom stereocenters. The van der Waals surface area contributed by atoms with Gasteiger partial charge in [-0.15, -0.1) is 0 Å². The standard InChI is InChI=1S/C19H25NO5/c1-13-3-4-14(2)15(11-13)12-16(21)20-18(17(22)23)5-7-19(8-6-18)24-9-10-25-19/h3-4,11H,5-10,12H2,1-2H3,(H,20,21)(H,22,23). The van der Waals surface area contributed by atoms with Gasteiger partial charge < -0.3 is 19.9 Å². The maximum atomic E-state index is 12.5. The zero-order valence-corrected chi connectivity index (χ0v) is 14.8. The van der Waals surface area contributed by atoms with E-state index >= 15 is 0 Å². The van der Waals surface area contributed by atoms with E-state index in [1.54, 1.807) is 0 Å². The van der Waals surface area contributed by atoms with Crippen molar-refractivity contribution >= 4 is 11.9 Å². The highest BCUT2D eigenvalue weighted by molar-refractivity contribution is 5.88. The van der Waals surface area contributed by atoms with Crippen LogP contribution in [0.5, 0.6) is 0 Å². The van der Waals surface area contributed by atoms with Crippen LogP contribution in [0.15, 0.2) is 18.2 Å². The van der Waals surface area contributed by atoms with Crippen LogP contribution in [0, 0.1) is 13.8 Å². The van der Waals surface area contributed by atoms with Crippen molar-refractivity contribution in [2.24, 2.45) is 0 Å². The number of amides is 1. The second-order valence-corrected chi connectivity index (χ2v) is 7.15. The average molecular weight is 347 g/mol. The van der Waals surface area contributed by atoms with Crippen LogP contribution in [0.2, 0.25) is 0 Å². The van der Waals surface area contributed by atoms with Crippen molar-refractivity contribution in [3.05, 3.63) is 34.9 Å². The van der Waals surface area contributed by atoms with E-state index in [1.165, 1.54) is 0 Å². The Bertz CT molecular complexity index is 668. The summed E-state index contributed by atoms with van der Waals surface area (Å²) in [6.07, 6.45) is 1.74. The highest BCUT2D eigenvalue weighted by atomic mass is 16.7. The first-order valence-electron chi connectivity index (χ1n) is 8.73. The van der Waals surface area contributed by atoms with Crippen molar-refractivity contribution in [3.63, 3.8) is 0 Å². The van der Waals surface area contributed by atoms with Crippen molar-refractivity contribution in [1.29, 1.82) is 0 Å². The zero-order chi connectivity index (χ0) is 18.1. The van der Waals surface area contributed by atoms with Crippen molar-refractivity contribution in [2.75, 3.05) is 13.2 Å². The molecule has 1 aromatic carbocycles. The molecule has 1 aromatic rings. The lowest BCUT2D eigenvalue weighted by Gasteiger charge is -2.41. The summed E-state index contributed by atoms with van der Waals surface area (Å²) in [4.78, 5) is 24.4. The Morgan fingerprint density at radius 2 is 1.76 bits per heavy atom. The predicted octanol–water partition coefficient (Wildman–Crippen LogP) is 2.10. The lowest BCUT2D eigenvalue weighted by Crippen LogP contribution is -2.59. The van der Waals surface area contributed by atoms with E-state index in [4.69, 9.17) is 9.47 Å². The van der Waals surface area contributed by atoms with Crippen LogP contribution in [0.4, 0.5) is 0 Å². The molecule has 0 radical (unpaired) electrons. The lowest BCUT2D eigenvalue weighted by atomic mass is 9.78. The number of aryl methyl sites for hydroxylation is 2. The molecule has 6 heteroatoms. The zero-order valence-electron chi connectivity index (χ0n) is 14.8. The number of carboxylic acids is 1. The number of hydrogen-bond donors (Lipinski definition) is 2. The van der Waals surface area contributed by atoms with Gasteiger partial charge in [0, 0.05) is 12.8 Å². The number of benzene rings is 1. The molecule has 6 nitrogen and oxygen atoms in total. The van der Waals surface area contributed by atoms with Crippen LogP contribution in [-0.4, -0.2) is 41.5 Å². The fourth-order valence-corrected chi connectivity index (χ4v) is 3.71. The molecule has 1 spiro atoms. The molecule has 25 heavy (non-hydrogen) atoms. The Balaban J connectivity index is 1.69. The van der Waals surface area contributed by atoms with E-state index in [2.05, 4.69) is 5.32 Å². The second kappa shape index (κ2) is 6.77. The van der Waals surface area contributed by atoms with Gasteiger partial charge >= 0.3 is 5.97 Å². The van der Waals surface area contributed by atoms with Gasteiger partial charge in [-0.3, -0.25) is 4.79 Å². The SMILES string of the molecule is Cc1ccc(C)c(CC(=O)NC2(C(=O)O)CCC3(CC2)OCCO3)c1. The summed E-state index contributed by atoms with van der Waals surface area (Å²) in [7, 11) is 0. The number of carboxylic acid groups (broad SMARTS) is 1. The highest BCUT2D eigenvalue weighted by Gasteiger charge is 2.50. The minimum Gasteiger partial charge on any atom is -0.480 e. The summed E-state index contributed by atoms with van der Waals surface area (Å²) in [5.41, 5.74) is 1.79. The smallest absolute Gasteiger partial charge is 0.329 e. The molecule has 0 bridgehead atoms. The predicted molar refractivity (Wildman–Crippen MR) is 91.2 cm³/mol. The minimum absolute atomic E-state index is 0.181. The number of hydrogen-bond acceptors (Lipinski definition) is 4. The first-order chi connectivity index (χ1) is 11.8. The third-order valence-corrected chi connectivity index (χ3v) is 5.32. The number of carbonyl (C=O) groups excluding carboxylic acids is 1. The van der Waals surface area contributed by atoms with Crippen molar-refractivity contribution in [3.8, 4) is 0 Å². The summed E-state index contributed by atoms with van der Waals surface area (Å²) >= 11 is 0. The van der Waals surface area contributed by atoms with Gasteiger partial charge in [-0.2, -0.15) is 0 Å². The van der Waals surface area contributed by atoms with Gasteiger partial charge in [-0.25, -0.2) is 4.79 Å². The molecular formula is C19H25NO5. The maximum absolute atomic E-state index is 12.5. The van der Waals surface area contributed by atoms with Crippen LogP contribution >= 0.6 is 0 Å². The van der Waals surface area contributed by atoms with Crippen molar-refractivity contribution in [1.82, 2.24) is 5.32 Å². The normalized spacial score (nSPS) is 21.2. The van der Waals surface area contributed by atoms with Gasteiger partial charge in [-0.1, -0.05) is 23.8 Å². The minimum atomic E-state index is -1.24. The van der Waals surface area contributed by atoms with Crippen molar-refractivity contribution < 1.29 is 24.2 Å². The first kappa shape index (κ1) is 17.9. The number of nitrogens with one attached hydrogen (secondary N) is 1. The van der Waals surface area contributed by atoms with E-state index in [0.29, 0.717) is 38.9 Å². The van der Waals surface area contributed by atoms with E-state index < -0.39 is 17.3 Å². The molecule has 136 valence electrons. The molecule has 0 aromatic heterocycles. The van der Waals surface area contributed by atoms with Crippen LogP contribution in [-0.2, 0) is 25.5 Å². The fraction of sp³-hybridized carbons (Fsp3) is 0.579. The Labute approximate surface area is 147 Å². The number of carbonyl (C=O) groups is 2. The quantitative estimate of drug-likeness (QED) is 0.871. The molecular weight excluding hydrogens is 322 g/mol. The number of rotatable bonds is 4. The van der Waals surface area contributed by atoms with Crippen LogP contribution in [0.25, 0.3) is 0 Å². The van der Waals surface area contributed by atoms with E-state index in [1.807, 2.05) is 32.0 Å². The first-order valence-corrected chi connectivity index (χ1v) is 8.73. The molecule has 1 aliphatic heterocycles. The summed E-state index contributed by atoms with van der Waals surface area (Å²) in [5.74, 6) is -1.91. The molecule has 1 saturated carbocycles. The Morgan fingerprint density at radius 1 is 1.12 bits per heavy atom. The summed E-state index contributed by atoms with van der Waals surface area (Å²) in [6, 6.07) is 5.94. The molecule has 2 fully saturated rings. The van der Waals surface area contributed by atoms with E-state index in [9.17, 15) is 14.7 Å². The van der Waals surface area contributed by atoms with Gasteiger partial charge in [0.25, 0.3) is 0 Å². The Hall–Kier alpha value is -1.92. The number of aliphatic carboxylic acids is 1. The van der Waals surface area contributed by atoms with Crippen LogP contribution in [0.3, 0.4) is 0 Å². The highest BCUT2D eigenvalue weighted by Crippen LogP contribution is 2.40. The lowest BCUT2D eigenvalue weighted by molar-refractivity contribution is -0.191. The maximum Gasteiger partial charge on any atom is 0.329 e. The topological polar surface area (TPSA) is 84.9 Å². The van der Waals surface area contributed by atoms with Crippen molar-refractivity contribution in [2.45, 2.75) is 57.3 Å². The Morgan fingerprint density at radius 3 is 2.36 bits per heavy atom. The van der Waals surface area contributed by atoms with Gasteiger partial charge in [0.05, 0.1) is 19.6 Å². The third kappa shape index (κ3) is 3.70. The molecule has 3 rings (SSSR count). The Kier molecular flexibility index (Phi) is 4.84.